The van der Waals surface area contributed by atoms with E-state index in [0.717, 1.165) is 30.1 Å². The fourth-order valence-electron chi connectivity index (χ4n) is 2.90. The third-order valence-electron chi connectivity index (χ3n) is 4.26. The molecule has 1 aromatic rings. The van der Waals surface area contributed by atoms with E-state index in [-0.39, 0.29) is 11.8 Å². The molecule has 1 heterocycles. The molecule has 0 atom stereocenters. The van der Waals surface area contributed by atoms with Crippen molar-refractivity contribution in [3.05, 3.63) is 11.8 Å². The quantitative estimate of drug-likeness (QED) is 0.851. The van der Waals surface area contributed by atoms with Crippen LogP contribution >= 0.6 is 0 Å². The maximum atomic E-state index is 12.2. The summed E-state index contributed by atoms with van der Waals surface area (Å²) in [6.07, 6.45) is 10.2. The zero-order valence-electron chi connectivity index (χ0n) is 12.0. The number of carbonyl (C=O) groups is 1. The van der Waals surface area contributed by atoms with Crippen LogP contribution in [-0.2, 0) is 4.79 Å². The summed E-state index contributed by atoms with van der Waals surface area (Å²) in [5.74, 6) is 1.93. The van der Waals surface area contributed by atoms with E-state index in [1.54, 1.807) is 6.20 Å². The van der Waals surface area contributed by atoms with E-state index in [1.165, 1.54) is 32.1 Å². The number of aryl methyl sites for hydroxylation is 1. The van der Waals surface area contributed by atoms with Crippen molar-refractivity contribution in [2.24, 2.45) is 11.8 Å². The molecule has 0 spiro atoms. The van der Waals surface area contributed by atoms with Crippen LogP contribution in [0.2, 0.25) is 0 Å². The van der Waals surface area contributed by atoms with Gasteiger partial charge in [0, 0.05) is 11.5 Å². The Balaban J connectivity index is 1.78. The maximum Gasteiger partial charge on any atom is 0.228 e. The van der Waals surface area contributed by atoms with Gasteiger partial charge in [-0.25, -0.2) is 0 Å². The Hall–Kier alpha value is -1.32. The number of aromatic amines is 1. The van der Waals surface area contributed by atoms with E-state index in [9.17, 15) is 4.79 Å². The number of nitrogens with zero attached hydrogens (tertiary/aromatic N) is 1. The first kappa shape index (κ1) is 14.1. The Morgan fingerprint density at radius 3 is 2.74 bits per heavy atom. The summed E-state index contributed by atoms with van der Waals surface area (Å²) in [5.41, 5.74) is 0.991. The largest absolute Gasteiger partial charge is 0.311 e. The highest BCUT2D eigenvalue weighted by Gasteiger charge is 2.26. The lowest BCUT2D eigenvalue weighted by atomic mass is 9.79. The summed E-state index contributed by atoms with van der Waals surface area (Å²) in [6.45, 7) is 4.19. The first-order valence-electron chi connectivity index (χ1n) is 7.51. The molecule has 19 heavy (non-hydrogen) atoms. The smallest absolute Gasteiger partial charge is 0.228 e. The highest BCUT2D eigenvalue weighted by molar-refractivity contribution is 5.92. The van der Waals surface area contributed by atoms with Crippen LogP contribution in [0.3, 0.4) is 0 Å². The lowest BCUT2D eigenvalue weighted by Gasteiger charge is -2.27. The van der Waals surface area contributed by atoms with Crippen molar-refractivity contribution in [1.82, 2.24) is 10.2 Å². The minimum Gasteiger partial charge on any atom is -0.311 e. The van der Waals surface area contributed by atoms with E-state index in [0.29, 0.717) is 0 Å². The van der Waals surface area contributed by atoms with Gasteiger partial charge in [-0.05, 0) is 38.5 Å². The molecule has 4 nitrogen and oxygen atoms in total. The number of unbranched alkanes of at least 4 members (excludes halogenated alkanes) is 1. The van der Waals surface area contributed by atoms with Crippen molar-refractivity contribution in [1.29, 1.82) is 0 Å². The SMILES string of the molecule is CCCCC1CCC(C(=O)Nc2[nH]ncc2C)CC1. The second-order valence-corrected chi connectivity index (χ2v) is 5.78. The molecule has 1 amide bonds. The molecule has 1 saturated carbocycles. The topological polar surface area (TPSA) is 57.8 Å². The average molecular weight is 263 g/mol. The number of hydrogen-bond donors (Lipinski definition) is 2. The van der Waals surface area contributed by atoms with Gasteiger partial charge in [-0.1, -0.05) is 26.2 Å². The average Bonchev–Trinajstić information content (AvgIpc) is 2.82. The first-order valence-corrected chi connectivity index (χ1v) is 7.51. The Kier molecular flexibility index (Phi) is 5.00. The van der Waals surface area contributed by atoms with Crippen LogP contribution in [-0.4, -0.2) is 16.1 Å². The summed E-state index contributed by atoms with van der Waals surface area (Å²) >= 11 is 0. The lowest BCUT2D eigenvalue weighted by Crippen LogP contribution is -2.27. The number of hydrogen-bond acceptors (Lipinski definition) is 2. The number of H-pyrrole nitrogens is 1. The van der Waals surface area contributed by atoms with Gasteiger partial charge in [0.05, 0.1) is 6.20 Å². The highest BCUT2D eigenvalue weighted by Crippen LogP contribution is 2.32. The van der Waals surface area contributed by atoms with Gasteiger partial charge >= 0.3 is 0 Å². The van der Waals surface area contributed by atoms with E-state index in [1.807, 2.05) is 6.92 Å². The molecule has 0 saturated heterocycles. The molecule has 1 aromatic heterocycles. The standard InChI is InChI=1S/C15H25N3O/c1-3-4-5-12-6-8-13(9-7-12)15(19)17-14-11(2)10-16-18-14/h10,12-13H,3-9H2,1-2H3,(H2,16,17,18,19). The molecular formula is C15H25N3O. The second-order valence-electron chi connectivity index (χ2n) is 5.78. The number of anilines is 1. The summed E-state index contributed by atoms with van der Waals surface area (Å²) in [5, 5.41) is 9.72. The van der Waals surface area contributed by atoms with Crippen LogP contribution in [0.15, 0.2) is 6.20 Å². The fourth-order valence-corrected chi connectivity index (χ4v) is 2.90. The van der Waals surface area contributed by atoms with Gasteiger partial charge in [0.25, 0.3) is 0 Å². The Morgan fingerprint density at radius 1 is 1.42 bits per heavy atom. The minimum absolute atomic E-state index is 0.154. The van der Waals surface area contributed by atoms with Crippen LogP contribution in [0.4, 0.5) is 5.82 Å². The third kappa shape index (κ3) is 3.82. The zero-order valence-corrected chi connectivity index (χ0v) is 12.0. The molecule has 0 unspecified atom stereocenters. The molecule has 2 N–H and O–H groups in total. The van der Waals surface area contributed by atoms with E-state index < -0.39 is 0 Å². The number of carbonyl (C=O) groups excluding carboxylic acids is 1. The number of nitrogens with one attached hydrogen (secondary N) is 2. The molecule has 0 bridgehead atoms. The molecule has 0 radical (unpaired) electrons. The maximum absolute atomic E-state index is 12.2. The predicted octanol–water partition coefficient (Wildman–Crippen LogP) is 3.65. The van der Waals surface area contributed by atoms with Gasteiger partial charge in [-0.3, -0.25) is 9.89 Å². The molecule has 0 aromatic carbocycles. The second kappa shape index (κ2) is 6.73. The third-order valence-corrected chi connectivity index (χ3v) is 4.26. The van der Waals surface area contributed by atoms with Gasteiger partial charge in [0.1, 0.15) is 5.82 Å². The van der Waals surface area contributed by atoms with Crippen LogP contribution in [0.1, 0.15) is 57.4 Å². The van der Waals surface area contributed by atoms with Crippen molar-refractivity contribution >= 4 is 11.7 Å². The lowest BCUT2D eigenvalue weighted by molar-refractivity contribution is -0.121. The molecule has 106 valence electrons. The van der Waals surface area contributed by atoms with Crippen molar-refractivity contribution in [3.8, 4) is 0 Å². The van der Waals surface area contributed by atoms with Gasteiger partial charge in [0.15, 0.2) is 0 Å². The van der Waals surface area contributed by atoms with Crippen molar-refractivity contribution in [2.45, 2.75) is 58.8 Å². The van der Waals surface area contributed by atoms with Gasteiger partial charge < -0.3 is 5.32 Å². The van der Waals surface area contributed by atoms with Crippen LogP contribution in [0.5, 0.6) is 0 Å². The zero-order chi connectivity index (χ0) is 13.7. The predicted molar refractivity (Wildman–Crippen MR) is 76.9 cm³/mol. The molecule has 1 aliphatic carbocycles. The van der Waals surface area contributed by atoms with Gasteiger partial charge in [-0.2, -0.15) is 5.10 Å². The minimum atomic E-state index is 0.154. The normalized spacial score (nSPS) is 23.3. The van der Waals surface area contributed by atoms with Gasteiger partial charge in [0.2, 0.25) is 5.91 Å². The molecule has 1 aliphatic rings. The summed E-state index contributed by atoms with van der Waals surface area (Å²) < 4.78 is 0. The number of rotatable bonds is 5. The van der Waals surface area contributed by atoms with Crippen molar-refractivity contribution < 1.29 is 4.79 Å². The van der Waals surface area contributed by atoms with E-state index >= 15 is 0 Å². The highest BCUT2D eigenvalue weighted by atomic mass is 16.1. The number of aromatic nitrogens is 2. The summed E-state index contributed by atoms with van der Waals surface area (Å²) in [4.78, 5) is 12.2. The van der Waals surface area contributed by atoms with Crippen LogP contribution in [0.25, 0.3) is 0 Å². The monoisotopic (exact) mass is 263 g/mol. The van der Waals surface area contributed by atoms with Crippen LogP contribution < -0.4 is 5.32 Å². The summed E-state index contributed by atoms with van der Waals surface area (Å²) in [7, 11) is 0. The van der Waals surface area contributed by atoms with E-state index in [4.69, 9.17) is 0 Å². The van der Waals surface area contributed by atoms with Crippen molar-refractivity contribution in [2.75, 3.05) is 5.32 Å². The van der Waals surface area contributed by atoms with Gasteiger partial charge in [-0.15, -0.1) is 0 Å². The molecule has 1 fully saturated rings. The molecule has 2 rings (SSSR count). The Bertz CT molecular complexity index is 405. The molecule has 0 aliphatic heterocycles. The molecular weight excluding hydrogens is 238 g/mol. The fraction of sp³-hybridized carbons (Fsp3) is 0.733. The molecule has 4 heteroatoms. The Morgan fingerprint density at radius 2 is 2.16 bits per heavy atom. The number of amides is 1. The first-order chi connectivity index (χ1) is 9.20. The van der Waals surface area contributed by atoms with Crippen LogP contribution in [0, 0.1) is 18.8 Å². The Labute approximate surface area is 115 Å². The van der Waals surface area contributed by atoms with E-state index in [2.05, 4.69) is 22.4 Å². The summed E-state index contributed by atoms with van der Waals surface area (Å²) in [6, 6.07) is 0. The van der Waals surface area contributed by atoms with Crippen molar-refractivity contribution in [3.63, 3.8) is 0 Å².